The first-order chi connectivity index (χ1) is 15.6. The van der Waals surface area contributed by atoms with Gasteiger partial charge in [0.1, 0.15) is 5.56 Å². The molecule has 0 bridgehead atoms. The highest BCUT2D eigenvalue weighted by molar-refractivity contribution is 5.89. The molecule has 4 atom stereocenters. The Morgan fingerprint density at radius 3 is 2.48 bits per heavy atom. The summed E-state index contributed by atoms with van der Waals surface area (Å²) in [6, 6.07) is 2.19. The number of aromatic nitrogens is 1. The van der Waals surface area contributed by atoms with Gasteiger partial charge in [-0.15, -0.1) is 0 Å². The van der Waals surface area contributed by atoms with Gasteiger partial charge in [-0.2, -0.15) is 13.2 Å². The van der Waals surface area contributed by atoms with E-state index in [1.165, 1.54) is 16.7 Å². The number of nitrogens with two attached hydrogens (primary N) is 1. The molecule has 176 valence electrons. The van der Waals surface area contributed by atoms with E-state index in [1.54, 1.807) is 4.90 Å². The van der Waals surface area contributed by atoms with Gasteiger partial charge in [-0.25, -0.2) is 4.79 Å². The van der Waals surface area contributed by atoms with Crippen LogP contribution in [-0.2, 0) is 6.18 Å². The Balaban J connectivity index is 1.71. The Labute approximate surface area is 187 Å². The fourth-order valence-corrected chi connectivity index (χ4v) is 5.37. The molecule has 3 N–H and O–H groups in total. The average molecular weight is 463 g/mol. The van der Waals surface area contributed by atoms with Gasteiger partial charge in [0.15, 0.2) is 5.75 Å². The number of rotatable bonds is 3. The number of hydrogen-bond acceptors (Lipinski definition) is 5. The van der Waals surface area contributed by atoms with Gasteiger partial charge in [0.2, 0.25) is 5.43 Å². The molecule has 0 spiro atoms. The largest absolute Gasteiger partial charge is 0.511 e. The van der Waals surface area contributed by atoms with Crippen molar-refractivity contribution in [2.75, 3.05) is 18.0 Å². The van der Waals surface area contributed by atoms with Crippen molar-refractivity contribution in [2.24, 2.45) is 23.5 Å². The molecule has 1 aromatic carbocycles. The molecule has 5 rings (SSSR count). The van der Waals surface area contributed by atoms with Crippen molar-refractivity contribution in [3.63, 3.8) is 0 Å². The third-order valence-corrected chi connectivity index (χ3v) is 7.12. The summed E-state index contributed by atoms with van der Waals surface area (Å²) in [7, 11) is 0. The highest BCUT2D eigenvalue weighted by Crippen LogP contribution is 2.47. The molecule has 33 heavy (non-hydrogen) atoms. The molecule has 0 amide bonds. The zero-order chi connectivity index (χ0) is 23.7. The lowest BCUT2D eigenvalue weighted by atomic mass is 9.77. The van der Waals surface area contributed by atoms with Gasteiger partial charge in [0.05, 0.1) is 22.8 Å². The first-order valence-corrected chi connectivity index (χ1v) is 10.9. The molecule has 3 aliphatic rings. The molecule has 0 radical (unpaired) electrons. The van der Waals surface area contributed by atoms with E-state index in [9.17, 15) is 22.8 Å². The van der Waals surface area contributed by atoms with E-state index in [2.05, 4.69) is 4.74 Å². The van der Waals surface area contributed by atoms with Gasteiger partial charge >= 0.3 is 12.3 Å². The predicted octanol–water partition coefficient (Wildman–Crippen LogP) is 4.00. The number of anilines is 1. The van der Waals surface area contributed by atoms with Crippen LogP contribution in [0.25, 0.3) is 10.9 Å². The van der Waals surface area contributed by atoms with Crippen molar-refractivity contribution in [1.82, 2.24) is 4.57 Å². The Morgan fingerprint density at radius 1 is 1.18 bits per heavy atom. The lowest BCUT2D eigenvalue weighted by Crippen LogP contribution is -2.38. The summed E-state index contributed by atoms with van der Waals surface area (Å²) < 4.78 is 49.6. The molecule has 10 heteroatoms. The van der Waals surface area contributed by atoms with Gasteiger partial charge < -0.3 is 25.0 Å². The number of nitrogens with zero attached hydrogens (tertiary/aromatic N) is 2. The van der Waals surface area contributed by atoms with Crippen LogP contribution in [0.3, 0.4) is 0 Å². The number of carbonyl (C=O) groups is 1. The minimum absolute atomic E-state index is 0.0181. The van der Waals surface area contributed by atoms with Gasteiger partial charge in [-0.05, 0) is 36.8 Å². The second kappa shape index (κ2) is 7.51. The standard InChI is InChI=1S/C23H24F3N3O4/c1-11-2-6-16(27)15-9-28(8-14(11)15)17-7-5-13-20(19(17)23(24,25)26)29(12-3-4-12)10-18(21(13)30)33-22(31)32/h2,5-7,10-12,14-16H,3-4,8-9,27H2,1H3,(H,31,32). The van der Waals surface area contributed by atoms with Crippen LogP contribution in [-0.4, -0.2) is 35.0 Å². The molecular weight excluding hydrogens is 439 g/mol. The number of hydrogen-bond donors (Lipinski definition) is 2. The van der Waals surface area contributed by atoms with Crippen molar-refractivity contribution in [1.29, 1.82) is 0 Å². The topological polar surface area (TPSA) is 97.8 Å². The fraction of sp³-hybridized carbons (Fsp3) is 0.478. The first kappa shape index (κ1) is 21.8. The smallest absolute Gasteiger partial charge is 0.449 e. The maximum absolute atomic E-state index is 14.6. The highest BCUT2D eigenvalue weighted by atomic mass is 19.4. The van der Waals surface area contributed by atoms with E-state index in [0.29, 0.717) is 25.9 Å². The zero-order valence-electron chi connectivity index (χ0n) is 17.9. The Bertz CT molecular complexity index is 1200. The van der Waals surface area contributed by atoms with Crippen LogP contribution in [0.5, 0.6) is 5.75 Å². The molecule has 2 fully saturated rings. The highest BCUT2D eigenvalue weighted by Gasteiger charge is 2.45. The Hall–Kier alpha value is -3.01. The second-order valence-electron chi connectivity index (χ2n) is 9.24. The monoisotopic (exact) mass is 463 g/mol. The van der Waals surface area contributed by atoms with Gasteiger partial charge in [-0.1, -0.05) is 19.1 Å². The Morgan fingerprint density at radius 2 is 1.88 bits per heavy atom. The molecule has 2 heterocycles. The second-order valence-corrected chi connectivity index (χ2v) is 9.24. The van der Waals surface area contributed by atoms with Crippen LogP contribution in [0.15, 0.2) is 35.3 Å². The molecular formula is C23H24F3N3O4. The van der Waals surface area contributed by atoms with Crippen molar-refractivity contribution < 1.29 is 27.8 Å². The fourth-order valence-electron chi connectivity index (χ4n) is 5.37. The van der Waals surface area contributed by atoms with Crippen molar-refractivity contribution in [2.45, 2.75) is 38.0 Å². The quantitative estimate of drug-likeness (QED) is 0.528. The van der Waals surface area contributed by atoms with Crippen LogP contribution in [0, 0.1) is 17.8 Å². The summed E-state index contributed by atoms with van der Waals surface area (Å²) in [6.45, 7) is 2.87. The zero-order valence-corrected chi connectivity index (χ0v) is 17.9. The molecule has 2 aliphatic carbocycles. The Kier molecular flexibility index (Phi) is 4.97. The summed E-state index contributed by atoms with van der Waals surface area (Å²) in [5, 5.41) is 8.74. The summed E-state index contributed by atoms with van der Waals surface area (Å²) in [4.78, 5) is 25.6. The van der Waals surface area contributed by atoms with Gasteiger partial charge in [0.25, 0.3) is 0 Å². The van der Waals surface area contributed by atoms with Gasteiger partial charge in [-0.3, -0.25) is 4.79 Å². The average Bonchev–Trinajstić information content (AvgIpc) is 3.48. The van der Waals surface area contributed by atoms with Crippen LogP contribution >= 0.6 is 0 Å². The van der Waals surface area contributed by atoms with Crippen LogP contribution in [0.4, 0.5) is 23.7 Å². The number of carboxylic acid groups (broad SMARTS) is 1. The van der Waals surface area contributed by atoms with E-state index >= 15 is 0 Å². The van der Waals surface area contributed by atoms with Gasteiger partial charge in [0, 0.05) is 31.1 Å². The van der Waals surface area contributed by atoms with Crippen molar-refractivity contribution >= 4 is 22.7 Å². The SMILES string of the molecule is CC1C=CC(N)C2CN(c3ccc4c(=O)c(OC(=O)O)cn(C5CC5)c4c3C(F)(F)F)CC12. The van der Waals surface area contributed by atoms with E-state index in [4.69, 9.17) is 10.8 Å². The molecule has 1 saturated carbocycles. The van der Waals surface area contributed by atoms with E-state index in [-0.39, 0.29) is 46.4 Å². The van der Waals surface area contributed by atoms with E-state index < -0.39 is 29.1 Å². The number of alkyl halides is 3. The summed E-state index contributed by atoms with van der Waals surface area (Å²) in [5.41, 5.74) is 4.28. The molecule has 4 unspecified atom stereocenters. The van der Waals surface area contributed by atoms with E-state index in [0.717, 1.165) is 6.20 Å². The summed E-state index contributed by atoms with van der Waals surface area (Å²) in [5.74, 6) is -0.117. The maximum atomic E-state index is 14.6. The van der Waals surface area contributed by atoms with Crippen LogP contribution < -0.4 is 20.8 Å². The predicted molar refractivity (Wildman–Crippen MR) is 116 cm³/mol. The lowest BCUT2D eigenvalue weighted by molar-refractivity contribution is -0.136. The first-order valence-electron chi connectivity index (χ1n) is 10.9. The lowest BCUT2D eigenvalue weighted by Gasteiger charge is -2.30. The normalized spacial score (nSPS) is 27.1. The van der Waals surface area contributed by atoms with Crippen molar-refractivity contribution in [3.05, 3.63) is 46.3 Å². The number of benzene rings is 1. The number of pyridine rings is 1. The third kappa shape index (κ3) is 3.66. The van der Waals surface area contributed by atoms with Crippen LogP contribution in [0.1, 0.15) is 31.4 Å². The van der Waals surface area contributed by atoms with Crippen molar-refractivity contribution in [3.8, 4) is 5.75 Å². The minimum atomic E-state index is -4.73. The summed E-state index contributed by atoms with van der Waals surface area (Å²) in [6.07, 6.45) is -0.103. The number of allylic oxidation sites excluding steroid dienone is 1. The molecule has 1 saturated heterocycles. The number of halogens is 3. The minimum Gasteiger partial charge on any atom is -0.449 e. The molecule has 1 aromatic heterocycles. The molecule has 2 aromatic rings. The molecule has 7 nitrogen and oxygen atoms in total. The number of fused-ring (bicyclic) bond motifs is 2. The summed E-state index contributed by atoms with van der Waals surface area (Å²) >= 11 is 0. The molecule has 1 aliphatic heterocycles. The third-order valence-electron chi connectivity index (χ3n) is 7.12. The van der Waals surface area contributed by atoms with Crippen LogP contribution in [0.2, 0.25) is 0 Å². The number of ether oxygens (including phenoxy) is 1. The van der Waals surface area contributed by atoms with E-state index in [1.807, 2.05) is 19.1 Å². The maximum Gasteiger partial charge on any atom is 0.511 e.